The average Bonchev–Trinajstić information content (AvgIpc) is 2.38. The van der Waals surface area contributed by atoms with Crippen LogP contribution in [0.25, 0.3) is 0 Å². The number of nitro groups is 1. The number of nitro benzene ring substituents is 1. The second-order valence-electron chi connectivity index (χ2n) is 4.78. The standard InChI is InChI=1S/C13H18N2O5/c1-3-13(2,7-8-16)14-10-6-4-5-9(12(17)18)11(10)15(19)20/h4-6,14,16H,3,7-8H2,1-2H3,(H,17,18). The maximum absolute atomic E-state index is 11.1. The summed E-state index contributed by atoms with van der Waals surface area (Å²) in [5.41, 5.74) is -1.22. The number of hydrogen-bond donors (Lipinski definition) is 3. The monoisotopic (exact) mass is 282 g/mol. The zero-order valence-corrected chi connectivity index (χ0v) is 11.4. The fourth-order valence-electron chi connectivity index (χ4n) is 1.91. The van der Waals surface area contributed by atoms with Crippen LogP contribution in [0.3, 0.4) is 0 Å². The molecule has 0 saturated carbocycles. The van der Waals surface area contributed by atoms with Crippen LogP contribution < -0.4 is 5.32 Å². The Morgan fingerprint density at radius 2 is 2.15 bits per heavy atom. The molecular formula is C13H18N2O5. The van der Waals surface area contributed by atoms with Gasteiger partial charge in [-0.05, 0) is 31.9 Å². The first-order valence-electron chi connectivity index (χ1n) is 6.24. The molecule has 7 heteroatoms. The molecule has 0 aliphatic rings. The van der Waals surface area contributed by atoms with Gasteiger partial charge in [-0.1, -0.05) is 13.0 Å². The Labute approximate surface area is 116 Å². The largest absolute Gasteiger partial charge is 0.477 e. The quantitative estimate of drug-likeness (QED) is 0.522. The van der Waals surface area contributed by atoms with E-state index < -0.39 is 22.1 Å². The van der Waals surface area contributed by atoms with E-state index in [9.17, 15) is 14.9 Å². The summed E-state index contributed by atoms with van der Waals surface area (Å²) >= 11 is 0. The summed E-state index contributed by atoms with van der Waals surface area (Å²) in [5.74, 6) is -1.35. The molecule has 3 N–H and O–H groups in total. The predicted octanol–water partition coefficient (Wildman–Crippen LogP) is 2.26. The molecule has 0 amide bonds. The SMILES string of the molecule is CCC(C)(CCO)Nc1cccc(C(=O)O)c1[N+](=O)[O-]. The molecule has 0 fully saturated rings. The third-order valence-corrected chi connectivity index (χ3v) is 3.33. The number of aliphatic hydroxyl groups excluding tert-OH is 1. The molecule has 1 aromatic carbocycles. The van der Waals surface area contributed by atoms with Gasteiger partial charge in [0.25, 0.3) is 0 Å². The second-order valence-corrected chi connectivity index (χ2v) is 4.78. The minimum absolute atomic E-state index is 0.0657. The summed E-state index contributed by atoms with van der Waals surface area (Å²) < 4.78 is 0. The zero-order valence-electron chi connectivity index (χ0n) is 11.4. The number of aromatic carboxylic acids is 1. The highest BCUT2D eigenvalue weighted by Gasteiger charge is 2.29. The van der Waals surface area contributed by atoms with E-state index in [1.807, 2.05) is 13.8 Å². The summed E-state index contributed by atoms with van der Waals surface area (Å²) in [5, 5.41) is 32.2. The number of benzene rings is 1. The number of aliphatic hydroxyl groups is 1. The number of anilines is 1. The van der Waals surface area contributed by atoms with Gasteiger partial charge in [0.1, 0.15) is 11.3 Å². The summed E-state index contributed by atoms with van der Waals surface area (Å²) in [4.78, 5) is 21.5. The van der Waals surface area contributed by atoms with Crippen LogP contribution in [0.4, 0.5) is 11.4 Å². The van der Waals surface area contributed by atoms with Crippen LogP contribution in [0.15, 0.2) is 18.2 Å². The van der Waals surface area contributed by atoms with Crippen LogP contribution in [0.2, 0.25) is 0 Å². The fourth-order valence-corrected chi connectivity index (χ4v) is 1.91. The van der Waals surface area contributed by atoms with Gasteiger partial charge in [-0.2, -0.15) is 0 Å². The first-order chi connectivity index (χ1) is 9.34. The van der Waals surface area contributed by atoms with Crippen LogP contribution in [0, 0.1) is 10.1 Å². The van der Waals surface area contributed by atoms with Gasteiger partial charge in [0, 0.05) is 12.1 Å². The Morgan fingerprint density at radius 3 is 2.60 bits per heavy atom. The molecule has 0 aliphatic carbocycles. The number of hydrogen-bond acceptors (Lipinski definition) is 5. The third-order valence-electron chi connectivity index (χ3n) is 3.33. The lowest BCUT2D eigenvalue weighted by Crippen LogP contribution is -2.35. The number of nitrogens with zero attached hydrogens (tertiary/aromatic N) is 1. The normalized spacial score (nSPS) is 13.6. The Hall–Kier alpha value is -2.15. The number of para-hydroxylation sites is 1. The summed E-state index contributed by atoms with van der Waals surface area (Å²) in [6.45, 7) is 3.64. The second kappa shape index (κ2) is 6.33. The van der Waals surface area contributed by atoms with Crippen molar-refractivity contribution in [2.75, 3.05) is 11.9 Å². The van der Waals surface area contributed by atoms with Gasteiger partial charge in [-0.3, -0.25) is 10.1 Å². The highest BCUT2D eigenvalue weighted by molar-refractivity contribution is 5.95. The molecule has 0 saturated heterocycles. The molecule has 0 aromatic heterocycles. The van der Waals surface area contributed by atoms with Crippen molar-refractivity contribution in [3.05, 3.63) is 33.9 Å². The first-order valence-corrected chi connectivity index (χ1v) is 6.24. The van der Waals surface area contributed by atoms with Gasteiger partial charge in [0.05, 0.1) is 4.92 Å². The van der Waals surface area contributed by atoms with E-state index in [0.29, 0.717) is 12.8 Å². The molecule has 0 radical (unpaired) electrons. The molecule has 1 unspecified atom stereocenters. The van der Waals surface area contributed by atoms with Crippen molar-refractivity contribution in [3.8, 4) is 0 Å². The minimum Gasteiger partial charge on any atom is -0.477 e. The maximum Gasteiger partial charge on any atom is 0.342 e. The van der Waals surface area contributed by atoms with Gasteiger partial charge < -0.3 is 15.5 Å². The van der Waals surface area contributed by atoms with Crippen molar-refractivity contribution in [1.29, 1.82) is 0 Å². The minimum atomic E-state index is -1.35. The molecule has 7 nitrogen and oxygen atoms in total. The van der Waals surface area contributed by atoms with E-state index in [4.69, 9.17) is 10.2 Å². The van der Waals surface area contributed by atoms with Crippen LogP contribution in [0.1, 0.15) is 37.0 Å². The van der Waals surface area contributed by atoms with Crippen molar-refractivity contribution < 1.29 is 19.9 Å². The number of carbonyl (C=O) groups is 1. The molecule has 1 atom stereocenters. The number of rotatable bonds is 7. The van der Waals surface area contributed by atoms with Gasteiger partial charge in [0.15, 0.2) is 0 Å². The van der Waals surface area contributed by atoms with Crippen molar-refractivity contribution >= 4 is 17.3 Å². The van der Waals surface area contributed by atoms with Crippen molar-refractivity contribution in [3.63, 3.8) is 0 Å². The number of carboxylic acids is 1. The van der Waals surface area contributed by atoms with E-state index in [1.54, 1.807) is 0 Å². The molecule has 110 valence electrons. The summed E-state index contributed by atoms with van der Waals surface area (Å²) in [6, 6.07) is 4.12. The van der Waals surface area contributed by atoms with E-state index in [1.165, 1.54) is 18.2 Å². The van der Waals surface area contributed by atoms with E-state index in [2.05, 4.69) is 5.32 Å². The predicted molar refractivity (Wildman–Crippen MR) is 74.1 cm³/mol. The average molecular weight is 282 g/mol. The van der Waals surface area contributed by atoms with Gasteiger partial charge >= 0.3 is 11.7 Å². The van der Waals surface area contributed by atoms with E-state index >= 15 is 0 Å². The maximum atomic E-state index is 11.1. The molecular weight excluding hydrogens is 264 g/mol. The van der Waals surface area contributed by atoms with Crippen LogP contribution in [-0.2, 0) is 0 Å². The molecule has 20 heavy (non-hydrogen) atoms. The Morgan fingerprint density at radius 1 is 1.50 bits per heavy atom. The highest BCUT2D eigenvalue weighted by atomic mass is 16.6. The molecule has 1 aromatic rings. The smallest absolute Gasteiger partial charge is 0.342 e. The summed E-state index contributed by atoms with van der Waals surface area (Å²) in [7, 11) is 0. The zero-order chi connectivity index (χ0) is 15.3. The summed E-state index contributed by atoms with van der Waals surface area (Å²) in [6.07, 6.45) is 1.03. The lowest BCUT2D eigenvalue weighted by molar-refractivity contribution is -0.384. The topological polar surface area (TPSA) is 113 Å². The first kappa shape index (κ1) is 15.9. The van der Waals surface area contributed by atoms with Crippen LogP contribution in [0.5, 0.6) is 0 Å². The molecule has 0 aliphatic heterocycles. The molecule has 0 bridgehead atoms. The van der Waals surface area contributed by atoms with Gasteiger partial charge in [-0.15, -0.1) is 0 Å². The van der Waals surface area contributed by atoms with Gasteiger partial charge in [0.2, 0.25) is 0 Å². The van der Waals surface area contributed by atoms with E-state index in [0.717, 1.165) is 0 Å². The lowest BCUT2D eigenvalue weighted by Gasteiger charge is -2.30. The van der Waals surface area contributed by atoms with Crippen molar-refractivity contribution in [2.45, 2.75) is 32.2 Å². The Balaban J connectivity index is 3.28. The molecule has 0 heterocycles. The van der Waals surface area contributed by atoms with Crippen molar-refractivity contribution in [2.24, 2.45) is 0 Å². The number of nitrogens with one attached hydrogen (secondary N) is 1. The Bertz CT molecular complexity index is 517. The molecule has 0 spiro atoms. The van der Waals surface area contributed by atoms with E-state index in [-0.39, 0.29) is 17.9 Å². The van der Waals surface area contributed by atoms with Crippen molar-refractivity contribution in [1.82, 2.24) is 0 Å². The van der Waals surface area contributed by atoms with Crippen LogP contribution in [-0.4, -0.2) is 33.3 Å². The fraction of sp³-hybridized carbons (Fsp3) is 0.462. The number of carboxylic acid groups (broad SMARTS) is 1. The molecule has 1 rings (SSSR count). The third kappa shape index (κ3) is 3.45. The lowest BCUT2D eigenvalue weighted by atomic mass is 9.94. The Kier molecular flexibility index (Phi) is 5.04. The highest BCUT2D eigenvalue weighted by Crippen LogP contribution is 2.32. The van der Waals surface area contributed by atoms with Gasteiger partial charge in [-0.25, -0.2) is 4.79 Å². The van der Waals surface area contributed by atoms with Crippen LogP contribution >= 0.6 is 0 Å².